The molecule has 2 aliphatic rings. The Labute approximate surface area is 134 Å². The van der Waals surface area contributed by atoms with Gasteiger partial charge in [-0.1, -0.05) is 6.07 Å². The van der Waals surface area contributed by atoms with Crippen LogP contribution >= 0.6 is 0 Å². The second-order valence-corrected chi connectivity index (χ2v) is 5.69. The van der Waals surface area contributed by atoms with E-state index >= 15 is 0 Å². The van der Waals surface area contributed by atoms with E-state index < -0.39 is 5.97 Å². The number of hydrogen-bond donors (Lipinski definition) is 2. The van der Waals surface area contributed by atoms with Gasteiger partial charge in [-0.3, -0.25) is 4.79 Å². The molecule has 124 valence electrons. The Morgan fingerprint density at radius 1 is 1.30 bits per heavy atom. The molecule has 2 heterocycles. The van der Waals surface area contributed by atoms with Crippen LogP contribution in [-0.4, -0.2) is 41.9 Å². The van der Waals surface area contributed by atoms with Gasteiger partial charge in [0.2, 0.25) is 6.79 Å². The minimum atomic E-state index is -0.848. The summed E-state index contributed by atoms with van der Waals surface area (Å²) in [5.41, 5.74) is 1.03. The van der Waals surface area contributed by atoms with Crippen molar-refractivity contribution in [1.82, 2.24) is 10.2 Å². The number of nitrogens with zero attached hydrogens (tertiary/aromatic N) is 1. The largest absolute Gasteiger partial charge is 0.481 e. The van der Waals surface area contributed by atoms with E-state index in [4.69, 9.17) is 14.6 Å². The summed E-state index contributed by atoms with van der Waals surface area (Å²) in [5.74, 6) is 0.603. The molecule has 2 amide bonds. The van der Waals surface area contributed by atoms with E-state index in [2.05, 4.69) is 5.32 Å². The van der Waals surface area contributed by atoms with Crippen LogP contribution in [0.5, 0.6) is 11.5 Å². The van der Waals surface area contributed by atoms with E-state index in [0.717, 1.165) is 29.9 Å². The highest BCUT2D eigenvalue weighted by molar-refractivity contribution is 5.75. The van der Waals surface area contributed by atoms with Crippen LogP contribution in [0.3, 0.4) is 0 Å². The molecule has 0 radical (unpaired) electrons. The third kappa shape index (κ3) is 3.49. The van der Waals surface area contributed by atoms with Gasteiger partial charge in [0.1, 0.15) is 0 Å². The Bertz CT molecular complexity index is 604. The molecule has 1 aromatic carbocycles. The molecule has 0 spiro atoms. The minimum absolute atomic E-state index is 0.0176. The van der Waals surface area contributed by atoms with Gasteiger partial charge in [0, 0.05) is 19.5 Å². The molecule has 2 N–H and O–H groups in total. The fraction of sp³-hybridized carbons (Fsp3) is 0.500. The topological polar surface area (TPSA) is 88.1 Å². The number of benzene rings is 1. The minimum Gasteiger partial charge on any atom is -0.481 e. The first-order valence-electron chi connectivity index (χ1n) is 7.81. The van der Waals surface area contributed by atoms with Crippen LogP contribution in [0.4, 0.5) is 4.79 Å². The van der Waals surface area contributed by atoms with Crippen molar-refractivity contribution in [2.75, 3.05) is 19.9 Å². The van der Waals surface area contributed by atoms with Gasteiger partial charge in [-0.15, -0.1) is 0 Å². The summed E-state index contributed by atoms with van der Waals surface area (Å²) >= 11 is 0. The zero-order valence-electron chi connectivity index (χ0n) is 12.8. The lowest BCUT2D eigenvalue weighted by atomic mass is 10.0. The maximum absolute atomic E-state index is 12.3. The van der Waals surface area contributed by atoms with Crippen molar-refractivity contribution in [3.63, 3.8) is 0 Å². The van der Waals surface area contributed by atoms with Crippen LogP contribution in [0.2, 0.25) is 0 Å². The molecule has 7 nitrogen and oxygen atoms in total. The van der Waals surface area contributed by atoms with Crippen LogP contribution in [0.25, 0.3) is 0 Å². The van der Waals surface area contributed by atoms with Crippen molar-refractivity contribution in [1.29, 1.82) is 0 Å². The van der Waals surface area contributed by atoms with Gasteiger partial charge in [-0.25, -0.2) is 4.79 Å². The Morgan fingerprint density at radius 3 is 2.96 bits per heavy atom. The van der Waals surface area contributed by atoms with E-state index in [0.29, 0.717) is 19.5 Å². The maximum Gasteiger partial charge on any atom is 0.317 e. The predicted octanol–water partition coefficient (Wildman–Crippen LogP) is 2.13. The molecule has 1 atom stereocenters. The van der Waals surface area contributed by atoms with E-state index in [9.17, 15) is 9.59 Å². The molecule has 1 unspecified atom stereocenters. The van der Waals surface area contributed by atoms with Gasteiger partial charge < -0.3 is 24.8 Å². The number of carboxylic acids is 1. The number of carboxylic acid groups (broad SMARTS) is 1. The molecule has 23 heavy (non-hydrogen) atoms. The van der Waals surface area contributed by atoms with Gasteiger partial charge in [-0.05, 0) is 37.0 Å². The summed E-state index contributed by atoms with van der Waals surface area (Å²) in [7, 11) is 0. The monoisotopic (exact) mass is 320 g/mol. The lowest BCUT2D eigenvalue weighted by molar-refractivity contribution is -0.137. The van der Waals surface area contributed by atoms with E-state index in [1.54, 1.807) is 4.90 Å². The number of aliphatic carboxylic acids is 1. The standard InChI is InChI=1S/C16H20N2O5/c19-15(20)4-1-7-17-16(21)18-8-2-3-12(18)11-5-6-13-14(9-11)23-10-22-13/h5-6,9,12H,1-4,7-8,10H2,(H,17,21)(H,19,20). The fourth-order valence-electron chi connectivity index (χ4n) is 3.01. The molecule has 1 fully saturated rings. The Kier molecular flexibility index (Phi) is 4.55. The molecular formula is C16H20N2O5. The maximum atomic E-state index is 12.3. The van der Waals surface area contributed by atoms with Crippen LogP contribution in [0.1, 0.15) is 37.3 Å². The van der Waals surface area contributed by atoms with Crippen LogP contribution < -0.4 is 14.8 Å². The molecule has 0 bridgehead atoms. The smallest absolute Gasteiger partial charge is 0.317 e. The molecule has 0 aromatic heterocycles. The van der Waals surface area contributed by atoms with Crippen molar-refractivity contribution in [2.45, 2.75) is 31.7 Å². The lowest BCUT2D eigenvalue weighted by Gasteiger charge is -2.25. The number of urea groups is 1. The molecule has 0 aliphatic carbocycles. The van der Waals surface area contributed by atoms with Crippen LogP contribution in [-0.2, 0) is 4.79 Å². The summed E-state index contributed by atoms with van der Waals surface area (Å²) < 4.78 is 10.7. The highest BCUT2D eigenvalue weighted by Crippen LogP contribution is 2.38. The van der Waals surface area contributed by atoms with Crippen molar-refractivity contribution < 1.29 is 24.2 Å². The third-order valence-corrected chi connectivity index (χ3v) is 4.14. The fourth-order valence-corrected chi connectivity index (χ4v) is 3.01. The molecule has 1 saturated heterocycles. The number of hydrogen-bond acceptors (Lipinski definition) is 4. The van der Waals surface area contributed by atoms with Crippen molar-refractivity contribution in [3.05, 3.63) is 23.8 Å². The van der Waals surface area contributed by atoms with Gasteiger partial charge in [-0.2, -0.15) is 0 Å². The number of carbonyl (C=O) groups is 2. The Morgan fingerprint density at radius 2 is 2.13 bits per heavy atom. The Balaban J connectivity index is 1.61. The molecule has 1 aromatic rings. The molecule has 7 heteroatoms. The first-order valence-corrected chi connectivity index (χ1v) is 7.81. The Hall–Kier alpha value is -2.44. The molecule has 3 rings (SSSR count). The van der Waals surface area contributed by atoms with E-state index in [-0.39, 0.29) is 25.3 Å². The summed E-state index contributed by atoms with van der Waals surface area (Å²) in [6, 6.07) is 5.65. The third-order valence-electron chi connectivity index (χ3n) is 4.14. The van der Waals surface area contributed by atoms with Crippen LogP contribution in [0.15, 0.2) is 18.2 Å². The van der Waals surface area contributed by atoms with Gasteiger partial charge in [0.25, 0.3) is 0 Å². The number of rotatable bonds is 5. The molecular weight excluding hydrogens is 300 g/mol. The first-order chi connectivity index (χ1) is 11.1. The SMILES string of the molecule is O=C(O)CCCNC(=O)N1CCCC1c1ccc2c(c1)OCO2. The number of ether oxygens (including phenoxy) is 2. The second-order valence-electron chi connectivity index (χ2n) is 5.69. The van der Waals surface area contributed by atoms with Crippen molar-refractivity contribution >= 4 is 12.0 Å². The lowest BCUT2D eigenvalue weighted by Crippen LogP contribution is -2.39. The number of likely N-dealkylation sites (tertiary alicyclic amines) is 1. The zero-order chi connectivity index (χ0) is 16.2. The van der Waals surface area contributed by atoms with Crippen molar-refractivity contribution in [2.24, 2.45) is 0 Å². The van der Waals surface area contributed by atoms with E-state index in [1.165, 1.54) is 0 Å². The summed E-state index contributed by atoms with van der Waals surface area (Å²) in [6.07, 6.45) is 2.35. The van der Waals surface area contributed by atoms with Gasteiger partial charge in [0.15, 0.2) is 11.5 Å². The summed E-state index contributed by atoms with van der Waals surface area (Å²) in [5, 5.41) is 11.4. The number of carbonyl (C=O) groups excluding carboxylic acids is 1. The molecule has 0 saturated carbocycles. The normalized spacial score (nSPS) is 19.0. The number of amides is 2. The second kappa shape index (κ2) is 6.76. The summed E-state index contributed by atoms with van der Waals surface area (Å²) in [4.78, 5) is 24.6. The highest BCUT2D eigenvalue weighted by Gasteiger charge is 2.30. The van der Waals surface area contributed by atoms with Crippen LogP contribution in [0, 0.1) is 0 Å². The van der Waals surface area contributed by atoms with Crippen molar-refractivity contribution in [3.8, 4) is 11.5 Å². The number of fused-ring (bicyclic) bond motifs is 1. The quantitative estimate of drug-likeness (QED) is 0.811. The summed E-state index contributed by atoms with van der Waals surface area (Å²) in [6.45, 7) is 1.30. The highest BCUT2D eigenvalue weighted by atomic mass is 16.7. The van der Waals surface area contributed by atoms with Gasteiger partial charge >= 0.3 is 12.0 Å². The number of nitrogens with one attached hydrogen (secondary N) is 1. The first kappa shape index (κ1) is 15.5. The van der Waals surface area contributed by atoms with E-state index in [1.807, 2.05) is 18.2 Å². The van der Waals surface area contributed by atoms with Gasteiger partial charge in [0.05, 0.1) is 6.04 Å². The zero-order valence-corrected chi connectivity index (χ0v) is 12.8. The predicted molar refractivity (Wildman–Crippen MR) is 81.5 cm³/mol. The molecule has 2 aliphatic heterocycles. The average Bonchev–Trinajstić information content (AvgIpc) is 3.18. The average molecular weight is 320 g/mol.